The number of nitrogens with zero attached hydrogens (tertiary/aromatic N) is 4. The Morgan fingerprint density at radius 1 is 1.27 bits per heavy atom. The number of nitrogen functional groups attached to an aromatic ring is 1. The number of aromatic nitrogens is 5. The molecule has 16 heteroatoms. The minimum absolute atomic E-state index is 0.00338. The van der Waals surface area contributed by atoms with Crippen molar-refractivity contribution < 1.29 is 33.6 Å². The quantitative estimate of drug-likeness (QED) is 0.126. The van der Waals surface area contributed by atoms with Crippen molar-refractivity contribution >= 4 is 28.9 Å². The van der Waals surface area contributed by atoms with Crippen LogP contribution in [-0.4, -0.2) is 93.2 Å². The maximum absolute atomic E-state index is 13.4. The number of nitrogens with two attached hydrogens (primary N) is 1. The number of H-pyrrole nitrogens is 1. The number of imidazole rings is 1. The molecule has 16 nitrogen and oxygen atoms in total. The monoisotopic (exact) mass is 559 g/mol. The fourth-order valence-electron chi connectivity index (χ4n) is 4.68. The summed E-state index contributed by atoms with van der Waals surface area (Å²) in [6.07, 6.45) is -1.46. The standard InChI is InChI=1S/C24H29N7O9/c1-3-6-30-16-19(28-23(25)29-20(16)33)31(24(30)35)21-18-17(13(10-32)38-21)39-15(40-18)11-36-7-8-37-22(34)12-4-5-14(26-2)27-9-12/h3-5,9,13,15,17-18,21,32H,1,6-8,10-11H2,2H3,(H,26,27)(H3,25,28,29,33)/t13-,15?,17-,18-,21-/m1/s1. The molecule has 5 heterocycles. The van der Waals surface area contributed by atoms with E-state index in [0.717, 1.165) is 0 Å². The highest BCUT2D eigenvalue weighted by molar-refractivity contribution is 5.89. The first-order valence-electron chi connectivity index (χ1n) is 12.4. The van der Waals surface area contributed by atoms with Crippen LogP contribution in [0.2, 0.25) is 0 Å². The van der Waals surface area contributed by atoms with Gasteiger partial charge in [-0.1, -0.05) is 6.08 Å². The molecule has 1 unspecified atom stereocenters. The molecule has 214 valence electrons. The molecule has 5 N–H and O–H groups in total. The Hall–Kier alpha value is -4.09. The van der Waals surface area contributed by atoms with Crippen molar-refractivity contribution in [2.75, 3.05) is 44.5 Å². The van der Waals surface area contributed by atoms with Crippen LogP contribution in [0.4, 0.5) is 11.8 Å². The van der Waals surface area contributed by atoms with Gasteiger partial charge in [0.25, 0.3) is 5.56 Å². The Morgan fingerprint density at radius 3 is 2.77 bits per heavy atom. The van der Waals surface area contributed by atoms with Crippen LogP contribution in [0, 0.1) is 0 Å². The third-order valence-electron chi connectivity index (χ3n) is 6.45. The number of esters is 1. The van der Waals surface area contributed by atoms with Crippen LogP contribution in [0.3, 0.4) is 0 Å². The highest BCUT2D eigenvalue weighted by Crippen LogP contribution is 2.39. The fraction of sp³-hybridized carbons (Fsp3) is 0.458. The van der Waals surface area contributed by atoms with Gasteiger partial charge in [0.1, 0.15) is 30.7 Å². The molecule has 0 spiro atoms. The second-order valence-electron chi connectivity index (χ2n) is 8.95. The summed E-state index contributed by atoms with van der Waals surface area (Å²) in [4.78, 5) is 48.7. The van der Waals surface area contributed by atoms with E-state index >= 15 is 0 Å². The number of aliphatic hydroxyl groups excluding tert-OH is 1. The zero-order valence-electron chi connectivity index (χ0n) is 21.5. The number of fused-ring (bicyclic) bond motifs is 2. The van der Waals surface area contributed by atoms with Crippen LogP contribution in [-0.2, 0) is 30.2 Å². The first-order chi connectivity index (χ1) is 19.4. The zero-order chi connectivity index (χ0) is 28.4. The first kappa shape index (κ1) is 27.5. The topological polar surface area (TPSA) is 207 Å². The molecule has 40 heavy (non-hydrogen) atoms. The molecule has 3 aromatic rings. The summed E-state index contributed by atoms with van der Waals surface area (Å²) in [5.74, 6) is -0.0996. The van der Waals surface area contributed by atoms with Crippen molar-refractivity contribution in [2.45, 2.75) is 37.4 Å². The Balaban J connectivity index is 1.24. The maximum atomic E-state index is 13.4. The van der Waals surface area contributed by atoms with Gasteiger partial charge in [-0.2, -0.15) is 4.98 Å². The van der Waals surface area contributed by atoms with Gasteiger partial charge in [-0.05, 0) is 12.1 Å². The normalized spacial score (nSPS) is 23.8. The summed E-state index contributed by atoms with van der Waals surface area (Å²) >= 11 is 0. The molecular formula is C24H29N7O9. The lowest BCUT2D eigenvalue weighted by atomic mass is 10.1. The average molecular weight is 560 g/mol. The van der Waals surface area contributed by atoms with Crippen LogP contribution >= 0.6 is 0 Å². The summed E-state index contributed by atoms with van der Waals surface area (Å²) in [5.41, 5.74) is 4.85. The number of aliphatic hydroxyl groups is 1. The predicted molar refractivity (Wildman–Crippen MR) is 139 cm³/mol. The van der Waals surface area contributed by atoms with Gasteiger partial charge < -0.3 is 39.8 Å². The lowest BCUT2D eigenvalue weighted by Gasteiger charge is -2.20. The van der Waals surface area contributed by atoms with Crippen LogP contribution in [0.25, 0.3) is 11.2 Å². The van der Waals surface area contributed by atoms with Crippen molar-refractivity contribution in [2.24, 2.45) is 0 Å². The number of carbonyl (C=O) groups is 1. The van der Waals surface area contributed by atoms with Crippen LogP contribution in [0.1, 0.15) is 16.6 Å². The van der Waals surface area contributed by atoms with Crippen molar-refractivity contribution in [1.29, 1.82) is 0 Å². The van der Waals surface area contributed by atoms with Gasteiger partial charge in [0, 0.05) is 19.8 Å². The summed E-state index contributed by atoms with van der Waals surface area (Å²) in [5, 5.41) is 12.8. The summed E-state index contributed by atoms with van der Waals surface area (Å²) < 4.78 is 30.9. The number of aromatic amines is 1. The van der Waals surface area contributed by atoms with E-state index in [4.69, 9.17) is 29.4 Å². The van der Waals surface area contributed by atoms with E-state index < -0.39 is 54.7 Å². The predicted octanol–water partition coefficient (Wildman–Crippen LogP) is -1.04. The molecule has 0 radical (unpaired) electrons. The second-order valence-corrected chi connectivity index (χ2v) is 8.95. The number of pyridine rings is 1. The van der Waals surface area contributed by atoms with E-state index in [-0.39, 0.29) is 43.5 Å². The number of allylic oxidation sites excluding steroid dienone is 1. The van der Waals surface area contributed by atoms with E-state index in [1.807, 2.05) is 0 Å². The Bertz CT molecular complexity index is 1500. The summed E-state index contributed by atoms with van der Waals surface area (Å²) in [6.45, 7) is 3.29. The molecule has 5 atom stereocenters. The van der Waals surface area contributed by atoms with Gasteiger partial charge in [0.15, 0.2) is 23.7 Å². The number of nitrogens with one attached hydrogen (secondary N) is 2. The van der Waals surface area contributed by atoms with E-state index in [9.17, 15) is 19.5 Å². The third-order valence-corrected chi connectivity index (χ3v) is 6.45. The highest BCUT2D eigenvalue weighted by atomic mass is 16.8. The van der Waals surface area contributed by atoms with Crippen molar-refractivity contribution in [3.8, 4) is 0 Å². The minimum Gasteiger partial charge on any atom is -0.460 e. The molecule has 3 aromatic heterocycles. The molecule has 0 aromatic carbocycles. The molecule has 2 saturated heterocycles. The highest BCUT2D eigenvalue weighted by Gasteiger charge is 2.54. The smallest absolute Gasteiger partial charge is 0.339 e. The second kappa shape index (κ2) is 11.6. The molecular weight excluding hydrogens is 530 g/mol. The van der Waals surface area contributed by atoms with Gasteiger partial charge in [-0.15, -0.1) is 6.58 Å². The molecule has 0 saturated carbocycles. The molecule has 0 aliphatic carbocycles. The van der Waals surface area contributed by atoms with Gasteiger partial charge in [-0.3, -0.25) is 14.3 Å². The third kappa shape index (κ3) is 5.09. The van der Waals surface area contributed by atoms with Crippen LogP contribution in [0.5, 0.6) is 0 Å². The number of carbonyl (C=O) groups excluding carboxylic acids is 1. The molecule has 2 aliphatic rings. The van der Waals surface area contributed by atoms with Crippen molar-refractivity contribution in [3.63, 3.8) is 0 Å². The van der Waals surface area contributed by atoms with Gasteiger partial charge >= 0.3 is 11.7 Å². The largest absolute Gasteiger partial charge is 0.460 e. The fourth-order valence-corrected chi connectivity index (χ4v) is 4.68. The average Bonchev–Trinajstić information content (AvgIpc) is 3.59. The van der Waals surface area contributed by atoms with E-state index in [1.165, 1.54) is 21.4 Å². The Kier molecular flexibility index (Phi) is 7.95. The molecule has 0 amide bonds. The number of ether oxygens (including phenoxy) is 5. The van der Waals surface area contributed by atoms with Gasteiger partial charge in [-0.25, -0.2) is 19.1 Å². The van der Waals surface area contributed by atoms with E-state index in [2.05, 4.69) is 26.8 Å². The SMILES string of the molecule is C=CCn1c(=O)n([C@@H]2O[C@H](CO)[C@H]3OC(COCCOC(=O)c4ccc(NC)nc4)O[C@H]32)c2nc(N)[nH]c(=O)c21. The maximum Gasteiger partial charge on any atom is 0.339 e. The number of rotatable bonds is 11. The van der Waals surface area contributed by atoms with Crippen LogP contribution < -0.4 is 22.3 Å². The molecule has 0 bridgehead atoms. The lowest BCUT2D eigenvalue weighted by Crippen LogP contribution is -2.34. The van der Waals surface area contributed by atoms with Crippen molar-refractivity contribution in [1.82, 2.24) is 24.1 Å². The Morgan fingerprint density at radius 2 is 2.08 bits per heavy atom. The number of anilines is 2. The van der Waals surface area contributed by atoms with E-state index in [0.29, 0.717) is 11.4 Å². The van der Waals surface area contributed by atoms with Crippen LogP contribution in [0.15, 0.2) is 40.6 Å². The Labute approximate surface area is 226 Å². The number of hydrogen-bond acceptors (Lipinski definition) is 13. The number of hydrogen-bond donors (Lipinski definition) is 4. The van der Waals surface area contributed by atoms with Gasteiger partial charge in [0.2, 0.25) is 5.95 Å². The van der Waals surface area contributed by atoms with E-state index in [1.54, 1.807) is 19.2 Å². The molecule has 2 fully saturated rings. The molecule has 2 aliphatic heterocycles. The first-order valence-corrected chi connectivity index (χ1v) is 12.4. The van der Waals surface area contributed by atoms with Gasteiger partial charge in [0.05, 0.1) is 25.4 Å². The summed E-state index contributed by atoms with van der Waals surface area (Å²) in [7, 11) is 1.72. The minimum atomic E-state index is -1.08. The summed E-state index contributed by atoms with van der Waals surface area (Å²) in [6, 6.07) is 3.25. The van der Waals surface area contributed by atoms with Crippen molar-refractivity contribution in [3.05, 3.63) is 57.4 Å². The lowest BCUT2D eigenvalue weighted by molar-refractivity contribution is -0.171. The molecule has 5 rings (SSSR count). The zero-order valence-corrected chi connectivity index (χ0v) is 21.5.